The number of rotatable bonds is 5. The summed E-state index contributed by atoms with van der Waals surface area (Å²) in [5.74, 6) is 0.0876. The van der Waals surface area contributed by atoms with E-state index in [1.165, 1.54) is 12.1 Å². The number of nitrogens with zero attached hydrogens (tertiary/aromatic N) is 1. The Kier molecular flexibility index (Phi) is 4.59. The first-order valence-corrected chi connectivity index (χ1v) is 6.56. The van der Waals surface area contributed by atoms with Gasteiger partial charge in [0.15, 0.2) is 11.5 Å². The molecule has 2 N–H and O–H groups in total. The molecule has 1 unspecified atom stereocenters. The molecule has 1 aliphatic rings. The van der Waals surface area contributed by atoms with E-state index in [0.717, 1.165) is 0 Å². The summed E-state index contributed by atoms with van der Waals surface area (Å²) >= 11 is 0. The average Bonchev–Trinajstić information content (AvgIpc) is 2.46. The van der Waals surface area contributed by atoms with E-state index in [-0.39, 0.29) is 23.2 Å². The van der Waals surface area contributed by atoms with Gasteiger partial charge in [0, 0.05) is 18.5 Å². The van der Waals surface area contributed by atoms with Crippen LogP contribution in [-0.2, 0) is 4.79 Å². The molecule has 1 aliphatic heterocycles. The van der Waals surface area contributed by atoms with Crippen molar-refractivity contribution in [3.05, 3.63) is 22.2 Å². The van der Waals surface area contributed by atoms with Crippen molar-refractivity contribution in [3.63, 3.8) is 0 Å². The lowest BCUT2D eigenvalue weighted by Crippen LogP contribution is -2.29. The molecule has 0 fully saturated rings. The molecule has 8 nitrogen and oxygen atoms in total. The number of fused-ring (bicyclic) bond motifs is 1. The highest BCUT2D eigenvalue weighted by molar-refractivity contribution is 5.95. The van der Waals surface area contributed by atoms with Crippen LogP contribution >= 0.6 is 0 Å². The predicted molar refractivity (Wildman–Crippen MR) is 75.8 cm³/mol. The third kappa shape index (κ3) is 3.40. The Morgan fingerprint density at radius 2 is 2.00 bits per heavy atom. The normalized spacial score (nSPS) is 14.4. The highest BCUT2D eigenvalue weighted by Gasteiger charge is 2.24. The number of amides is 1. The van der Waals surface area contributed by atoms with Crippen molar-refractivity contribution in [2.75, 3.05) is 32.1 Å². The van der Waals surface area contributed by atoms with Crippen LogP contribution in [0.25, 0.3) is 0 Å². The van der Waals surface area contributed by atoms with Crippen molar-refractivity contribution >= 4 is 17.3 Å². The van der Waals surface area contributed by atoms with Crippen LogP contribution in [0.5, 0.6) is 11.5 Å². The average molecular weight is 295 g/mol. The summed E-state index contributed by atoms with van der Waals surface area (Å²) < 4.78 is 10.7. The monoisotopic (exact) mass is 295 g/mol. The van der Waals surface area contributed by atoms with Gasteiger partial charge in [-0.05, 0) is 7.05 Å². The van der Waals surface area contributed by atoms with E-state index < -0.39 is 4.92 Å². The van der Waals surface area contributed by atoms with Gasteiger partial charge in [-0.1, -0.05) is 6.92 Å². The van der Waals surface area contributed by atoms with Crippen LogP contribution in [0.3, 0.4) is 0 Å². The number of nitro groups is 1. The molecule has 114 valence electrons. The number of ether oxygens (including phenoxy) is 2. The van der Waals surface area contributed by atoms with E-state index in [0.29, 0.717) is 31.3 Å². The van der Waals surface area contributed by atoms with Gasteiger partial charge >= 0.3 is 0 Å². The van der Waals surface area contributed by atoms with Crippen LogP contribution in [0.1, 0.15) is 6.92 Å². The summed E-state index contributed by atoms with van der Waals surface area (Å²) in [5, 5.41) is 16.6. The second-order valence-corrected chi connectivity index (χ2v) is 4.72. The summed E-state index contributed by atoms with van der Waals surface area (Å²) in [5.41, 5.74) is -0.110. The molecule has 0 bridgehead atoms. The Bertz CT molecular complexity index is 561. The fourth-order valence-corrected chi connectivity index (χ4v) is 1.98. The minimum Gasteiger partial charge on any atom is -0.486 e. The van der Waals surface area contributed by atoms with E-state index in [9.17, 15) is 14.9 Å². The lowest BCUT2D eigenvalue weighted by atomic mass is 10.1. The van der Waals surface area contributed by atoms with Crippen molar-refractivity contribution in [1.82, 2.24) is 5.32 Å². The van der Waals surface area contributed by atoms with Crippen molar-refractivity contribution in [2.24, 2.45) is 5.92 Å². The second kappa shape index (κ2) is 6.40. The van der Waals surface area contributed by atoms with Crippen molar-refractivity contribution in [2.45, 2.75) is 6.92 Å². The van der Waals surface area contributed by atoms with E-state index >= 15 is 0 Å². The fraction of sp³-hybridized carbons (Fsp3) is 0.462. The van der Waals surface area contributed by atoms with Crippen LogP contribution in [0.4, 0.5) is 11.4 Å². The maximum atomic E-state index is 12.0. The molecule has 0 radical (unpaired) electrons. The number of carbonyl (C=O) groups excluding carboxylic acids is 1. The van der Waals surface area contributed by atoms with Crippen LogP contribution in [-0.4, -0.2) is 37.6 Å². The highest BCUT2D eigenvalue weighted by Crippen LogP contribution is 2.39. The van der Waals surface area contributed by atoms with Crippen LogP contribution in [0.2, 0.25) is 0 Å². The second-order valence-electron chi connectivity index (χ2n) is 4.72. The predicted octanol–water partition coefficient (Wildman–Crippen LogP) is 1.16. The third-order valence-corrected chi connectivity index (χ3v) is 3.07. The zero-order chi connectivity index (χ0) is 15.4. The molecular weight excluding hydrogens is 278 g/mol. The van der Waals surface area contributed by atoms with Crippen molar-refractivity contribution in [3.8, 4) is 11.5 Å². The molecule has 1 aromatic carbocycles. The number of hydrogen-bond acceptors (Lipinski definition) is 6. The maximum absolute atomic E-state index is 12.0. The summed E-state index contributed by atoms with van der Waals surface area (Å²) in [6.45, 7) is 2.92. The molecule has 8 heteroatoms. The number of anilines is 1. The minimum atomic E-state index is -0.559. The first-order chi connectivity index (χ1) is 10.0. The molecule has 0 saturated heterocycles. The molecule has 1 amide bonds. The maximum Gasteiger partial charge on any atom is 0.296 e. The first kappa shape index (κ1) is 15.0. The van der Waals surface area contributed by atoms with Crippen LogP contribution in [0, 0.1) is 16.0 Å². The van der Waals surface area contributed by atoms with Gasteiger partial charge in [-0.2, -0.15) is 0 Å². The number of carbonyl (C=O) groups is 1. The zero-order valence-electron chi connectivity index (χ0n) is 11.8. The topological polar surface area (TPSA) is 103 Å². The van der Waals surface area contributed by atoms with Crippen LogP contribution < -0.4 is 20.1 Å². The van der Waals surface area contributed by atoms with Gasteiger partial charge in [-0.25, -0.2) is 0 Å². The molecule has 0 saturated carbocycles. The molecular formula is C13H17N3O5. The Labute approximate surface area is 121 Å². The minimum absolute atomic E-state index is 0.109. The highest BCUT2D eigenvalue weighted by atomic mass is 16.6. The van der Waals surface area contributed by atoms with Gasteiger partial charge in [0.05, 0.1) is 11.0 Å². The molecule has 0 spiro atoms. The van der Waals surface area contributed by atoms with Gasteiger partial charge in [-0.3, -0.25) is 14.9 Å². The van der Waals surface area contributed by atoms with Crippen LogP contribution in [0.15, 0.2) is 12.1 Å². The van der Waals surface area contributed by atoms with E-state index in [4.69, 9.17) is 9.47 Å². The summed E-state index contributed by atoms with van der Waals surface area (Å²) in [6.07, 6.45) is 0. The van der Waals surface area contributed by atoms with Gasteiger partial charge in [0.2, 0.25) is 5.91 Å². The SMILES string of the molecule is CNCC(C)C(=O)Nc1cc2c(cc1[N+](=O)[O-])OCCO2. The number of nitrogens with one attached hydrogen (secondary N) is 2. The summed E-state index contributed by atoms with van der Waals surface area (Å²) in [6, 6.07) is 2.70. The van der Waals surface area contributed by atoms with Crippen molar-refractivity contribution in [1.29, 1.82) is 0 Å². The molecule has 21 heavy (non-hydrogen) atoms. The zero-order valence-corrected chi connectivity index (χ0v) is 11.8. The fourth-order valence-electron chi connectivity index (χ4n) is 1.98. The number of nitro benzene ring substituents is 1. The Balaban J connectivity index is 2.28. The van der Waals surface area contributed by atoms with Gasteiger partial charge < -0.3 is 20.1 Å². The Morgan fingerprint density at radius 1 is 1.38 bits per heavy atom. The molecule has 0 aromatic heterocycles. The molecule has 2 rings (SSSR count). The van der Waals surface area contributed by atoms with Crippen molar-refractivity contribution < 1.29 is 19.2 Å². The molecule has 0 aliphatic carbocycles. The standard InChI is InChI=1S/C13H17N3O5/c1-8(7-14-2)13(17)15-9-5-11-12(21-4-3-20-11)6-10(9)16(18)19/h5-6,8,14H,3-4,7H2,1-2H3,(H,15,17). The van der Waals surface area contributed by atoms with E-state index in [1.807, 2.05) is 0 Å². The Morgan fingerprint density at radius 3 is 2.57 bits per heavy atom. The van der Waals surface area contributed by atoms with E-state index in [2.05, 4.69) is 10.6 Å². The summed E-state index contributed by atoms with van der Waals surface area (Å²) in [7, 11) is 1.73. The number of hydrogen-bond donors (Lipinski definition) is 2. The van der Waals surface area contributed by atoms with Gasteiger partial charge in [0.1, 0.15) is 18.9 Å². The Hall–Kier alpha value is -2.35. The number of benzene rings is 1. The lowest BCUT2D eigenvalue weighted by Gasteiger charge is -2.19. The first-order valence-electron chi connectivity index (χ1n) is 6.56. The van der Waals surface area contributed by atoms with E-state index in [1.54, 1.807) is 14.0 Å². The quantitative estimate of drug-likeness (QED) is 0.624. The lowest BCUT2D eigenvalue weighted by molar-refractivity contribution is -0.384. The molecule has 1 atom stereocenters. The van der Waals surface area contributed by atoms with Gasteiger partial charge in [-0.15, -0.1) is 0 Å². The third-order valence-electron chi connectivity index (χ3n) is 3.07. The molecule has 1 heterocycles. The summed E-state index contributed by atoms with van der Waals surface area (Å²) in [4.78, 5) is 22.6. The smallest absolute Gasteiger partial charge is 0.296 e. The largest absolute Gasteiger partial charge is 0.486 e. The van der Waals surface area contributed by atoms with Gasteiger partial charge in [0.25, 0.3) is 5.69 Å². The molecule has 1 aromatic rings.